The van der Waals surface area contributed by atoms with Crippen LogP contribution in [-0.2, 0) is 4.74 Å². The van der Waals surface area contributed by atoms with E-state index >= 15 is 0 Å². The van der Waals surface area contributed by atoms with Crippen LogP contribution in [0.1, 0.15) is 49.3 Å². The molecule has 0 radical (unpaired) electrons. The summed E-state index contributed by atoms with van der Waals surface area (Å²) < 4.78 is 11.7. The van der Waals surface area contributed by atoms with E-state index in [4.69, 9.17) is 9.47 Å². The van der Waals surface area contributed by atoms with Crippen molar-refractivity contribution >= 4 is 0 Å². The van der Waals surface area contributed by atoms with E-state index in [1.54, 1.807) is 7.11 Å². The van der Waals surface area contributed by atoms with Crippen molar-refractivity contribution < 1.29 is 14.6 Å². The van der Waals surface area contributed by atoms with E-state index in [9.17, 15) is 5.11 Å². The maximum absolute atomic E-state index is 10.4. The summed E-state index contributed by atoms with van der Waals surface area (Å²) in [6.45, 7) is 2.04. The highest BCUT2D eigenvalue weighted by atomic mass is 16.5. The van der Waals surface area contributed by atoms with Crippen LogP contribution in [0.5, 0.6) is 5.75 Å². The minimum atomic E-state index is -0.400. The summed E-state index contributed by atoms with van der Waals surface area (Å²) in [5, 5.41) is 10.4. The van der Waals surface area contributed by atoms with Crippen molar-refractivity contribution in [3.8, 4) is 5.75 Å². The van der Waals surface area contributed by atoms with Crippen molar-refractivity contribution in [1.29, 1.82) is 0 Å². The first kappa shape index (κ1) is 12.9. The number of aliphatic hydroxyl groups is 1. The molecule has 3 rings (SSSR count). The first-order valence-electron chi connectivity index (χ1n) is 7.12. The first-order valence-corrected chi connectivity index (χ1v) is 7.12. The largest absolute Gasteiger partial charge is 0.487 e. The molecule has 104 valence electrons. The Labute approximate surface area is 114 Å². The summed E-state index contributed by atoms with van der Waals surface area (Å²) >= 11 is 0. The Bertz CT molecular complexity index is 461. The molecule has 1 aromatic carbocycles. The maximum Gasteiger partial charge on any atom is 0.125 e. The van der Waals surface area contributed by atoms with E-state index in [1.807, 2.05) is 25.1 Å². The van der Waals surface area contributed by atoms with Gasteiger partial charge in [-0.2, -0.15) is 0 Å². The third-order valence-electron chi connectivity index (χ3n) is 4.59. The van der Waals surface area contributed by atoms with Gasteiger partial charge in [-0.15, -0.1) is 0 Å². The molecule has 19 heavy (non-hydrogen) atoms. The molecule has 0 bridgehead atoms. The van der Waals surface area contributed by atoms with Crippen LogP contribution in [0.3, 0.4) is 0 Å². The van der Waals surface area contributed by atoms with Gasteiger partial charge < -0.3 is 14.6 Å². The molecule has 0 saturated heterocycles. The molecule has 1 unspecified atom stereocenters. The highest BCUT2D eigenvalue weighted by Gasteiger charge is 2.43. The van der Waals surface area contributed by atoms with E-state index in [1.165, 1.54) is 5.56 Å². The zero-order valence-corrected chi connectivity index (χ0v) is 11.7. The van der Waals surface area contributed by atoms with Gasteiger partial charge in [0.05, 0.1) is 12.2 Å². The summed E-state index contributed by atoms with van der Waals surface area (Å²) in [4.78, 5) is 0. The number of aliphatic hydroxyl groups excluding tert-OH is 1. The highest BCUT2D eigenvalue weighted by Crippen LogP contribution is 2.46. The Morgan fingerprint density at radius 3 is 2.74 bits per heavy atom. The number of hydrogen-bond donors (Lipinski definition) is 1. The molecule has 3 nitrogen and oxygen atoms in total. The Morgan fingerprint density at radius 2 is 2.05 bits per heavy atom. The Hall–Kier alpha value is -1.06. The fourth-order valence-electron chi connectivity index (χ4n) is 3.42. The van der Waals surface area contributed by atoms with Gasteiger partial charge in [-0.3, -0.25) is 0 Å². The normalized spacial score (nSPS) is 33.8. The van der Waals surface area contributed by atoms with Crippen molar-refractivity contribution in [3.63, 3.8) is 0 Å². The lowest BCUT2D eigenvalue weighted by Crippen LogP contribution is -2.45. The average molecular weight is 262 g/mol. The zero-order valence-electron chi connectivity index (χ0n) is 11.7. The molecule has 1 fully saturated rings. The second-order valence-electron chi connectivity index (χ2n) is 5.98. The molecule has 3 heteroatoms. The van der Waals surface area contributed by atoms with Gasteiger partial charge in [0, 0.05) is 19.1 Å². The quantitative estimate of drug-likeness (QED) is 0.845. The molecule has 0 amide bonds. The van der Waals surface area contributed by atoms with Crippen LogP contribution in [0.2, 0.25) is 0 Å². The molecule has 2 aliphatic rings. The van der Waals surface area contributed by atoms with Crippen LogP contribution >= 0.6 is 0 Å². The standard InChI is InChI=1S/C16H22O3/c1-11-3-4-15-13(9-11)14(17)10-16(19-15)7-5-12(18-2)6-8-16/h3-4,9,12,14,17H,5-8,10H2,1-2H3. The van der Waals surface area contributed by atoms with E-state index in [0.29, 0.717) is 12.5 Å². The molecule has 1 aliphatic carbocycles. The molecule has 1 aliphatic heterocycles. The predicted octanol–water partition coefficient (Wildman–Crippen LogP) is 3.14. The fraction of sp³-hybridized carbons (Fsp3) is 0.625. The predicted molar refractivity (Wildman–Crippen MR) is 73.4 cm³/mol. The second kappa shape index (κ2) is 4.80. The lowest BCUT2D eigenvalue weighted by Gasteiger charge is -2.44. The number of fused-ring (bicyclic) bond motifs is 1. The molecular formula is C16H22O3. The molecule has 1 aromatic rings. The van der Waals surface area contributed by atoms with E-state index in [0.717, 1.165) is 37.0 Å². The monoisotopic (exact) mass is 262 g/mol. The van der Waals surface area contributed by atoms with Gasteiger partial charge in [-0.25, -0.2) is 0 Å². The van der Waals surface area contributed by atoms with Crippen molar-refractivity contribution in [2.24, 2.45) is 0 Å². The lowest BCUT2D eigenvalue weighted by molar-refractivity contribution is -0.0672. The van der Waals surface area contributed by atoms with Crippen LogP contribution < -0.4 is 4.74 Å². The van der Waals surface area contributed by atoms with Crippen molar-refractivity contribution in [1.82, 2.24) is 0 Å². The summed E-state index contributed by atoms with van der Waals surface area (Å²) in [6.07, 6.45) is 4.63. The van der Waals surface area contributed by atoms with Crippen LogP contribution in [0.25, 0.3) is 0 Å². The van der Waals surface area contributed by atoms with Gasteiger partial charge in [0.2, 0.25) is 0 Å². The summed E-state index contributed by atoms with van der Waals surface area (Å²) in [7, 11) is 1.78. The van der Waals surface area contributed by atoms with Crippen molar-refractivity contribution in [3.05, 3.63) is 29.3 Å². The van der Waals surface area contributed by atoms with Crippen LogP contribution in [-0.4, -0.2) is 23.9 Å². The van der Waals surface area contributed by atoms with E-state index in [-0.39, 0.29) is 5.60 Å². The second-order valence-corrected chi connectivity index (χ2v) is 5.98. The fourth-order valence-corrected chi connectivity index (χ4v) is 3.42. The minimum absolute atomic E-state index is 0.184. The van der Waals surface area contributed by atoms with Crippen molar-refractivity contribution in [2.75, 3.05) is 7.11 Å². The Kier molecular flexibility index (Phi) is 3.27. The topological polar surface area (TPSA) is 38.7 Å². The van der Waals surface area contributed by atoms with Gasteiger partial charge in [-0.05, 0) is 44.7 Å². The van der Waals surface area contributed by atoms with Crippen LogP contribution in [0.4, 0.5) is 0 Å². The smallest absolute Gasteiger partial charge is 0.125 e. The maximum atomic E-state index is 10.4. The molecule has 1 N–H and O–H groups in total. The number of hydrogen-bond acceptors (Lipinski definition) is 3. The number of methoxy groups -OCH3 is 1. The number of benzene rings is 1. The van der Waals surface area contributed by atoms with Gasteiger partial charge in [0.25, 0.3) is 0 Å². The molecule has 0 aromatic heterocycles. The number of aryl methyl sites for hydroxylation is 1. The first-order chi connectivity index (χ1) is 9.12. The molecule has 1 saturated carbocycles. The van der Waals surface area contributed by atoms with E-state index < -0.39 is 6.10 Å². The number of ether oxygens (including phenoxy) is 2. The molecule has 1 spiro atoms. The van der Waals surface area contributed by atoms with Gasteiger partial charge in [0.1, 0.15) is 11.4 Å². The SMILES string of the molecule is COC1CCC2(CC1)CC(O)c1cc(C)ccc1O2. The molecular weight excluding hydrogens is 240 g/mol. The van der Waals surface area contributed by atoms with Gasteiger partial charge in [0.15, 0.2) is 0 Å². The van der Waals surface area contributed by atoms with Crippen molar-refractivity contribution in [2.45, 2.75) is 56.8 Å². The minimum Gasteiger partial charge on any atom is -0.487 e. The Morgan fingerprint density at radius 1 is 1.32 bits per heavy atom. The lowest BCUT2D eigenvalue weighted by atomic mass is 9.77. The third kappa shape index (κ3) is 2.37. The van der Waals surface area contributed by atoms with E-state index in [2.05, 4.69) is 0 Å². The molecule has 1 atom stereocenters. The van der Waals surface area contributed by atoms with Gasteiger partial charge >= 0.3 is 0 Å². The highest BCUT2D eigenvalue weighted by molar-refractivity contribution is 5.41. The molecule has 1 heterocycles. The zero-order chi connectivity index (χ0) is 13.5. The van der Waals surface area contributed by atoms with Gasteiger partial charge in [-0.1, -0.05) is 11.6 Å². The third-order valence-corrected chi connectivity index (χ3v) is 4.59. The summed E-state index contributed by atoms with van der Waals surface area (Å²) in [5.41, 5.74) is 1.93. The summed E-state index contributed by atoms with van der Waals surface area (Å²) in [6, 6.07) is 6.08. The average Bonchev–Trinajstić information content (AvgIpc) is 2.41. The number of rotatable bonds is 1. The Balaban J connectivity index is 1.83. The van der Waals surface area contributed by atoms with Crippen LogP contribution in [0.15, 0.2) is 18.2 Å². The summed E-state index contributed by atoms with van der Waals surface area (Å²) in [5.74, 6) is 0.861. The van der Waals surface area contributed by atoms with Crippen LogP contribution in [0, 0.1) is 6.92 Å².